The average molecular weight is 362 g/mol. The molecule has 0 saturated carbocycles. The highest BCUT2D eigenvalue weighted by atomic mass is 79.9. The summed E-state index contributed by atoms with van der Waals surface area (Å²) in [6, 6.07) is 5.08. The Labute approximate surface area is 126 Å². The first-order valence-electron chi connectivity index (χ1n) is 6.31. The molecule has 0 radical (unpaired) electrons. The van der Waals surface area contributed by atoms with Crippen LogP contribution in [0.25, 0.3) is 0 Å². The fourth-order valence-electron chi connectivity index (χ4n) is 2.35. The highest BCUT2D eigenvalue weighted by Gasteiger charge is 2.33. The summed E-state index contributed by atoms with van der Waals surface area (Å²) < 4.78 is 27.3. The van der Waals surface area contributed by atoms with Crippen molar-refractivity contribution in [1.82, 2.24) is 4.31 Å². The molecule has 0 aromatic heterocycles. The lowest BCUT2D eigenvalue weighted by atomic mass is 10.0. The summed E-state index contributed by atoms with van der Waals surface area (Å²) in [7, 11) is -3.64. The molecule has 1 aliphatic rings. The van der Waals surface area contributed by atoms with Crippen LogP contribution < -0.4 is 0 Å². The molecule has 1 aromatic rings. The van der Waals surface area contributed by atoms with E-state index < -0.39 is 21.9 Å². The first-order chi connectivity index (χ1) is 9.32. The van der Waals surface area contributed by atoms with Gasteiger partial charge in [-0.3, -0.25) is 4.79 Å². The van der Waals surface area contributed by atoms with E-state index in [0.29, 0.717) is 29.4 Å². The number of carbonyl (C=O) groups is 1. The maximum Gasteiger partial charge on any atom is 0.307 e. The zero-order valence-electron chi connectivity index (χ0n) is 11.0. The highest BCUT2D eigenvalue weighted by molar-refractivity contribution is 9.10. The third kappa shape index (κ3) is 3.05. The Balaban J connectivity index is 2.35. The van der Waals surface area contributed by atoms with Crippen LogP contribution in [0.4, 0.5) is 0 Å². The van der Waals surface area contributed by atoms with Gasteiger partial charge in [0.15, 0.2) is 0 Å². The Bertz CT molecular complexity index is 629. The van der Waals surface area contributed by atoms with Gasteiger partial charge >= 0.3 is 5.97 Å². The van der Waals surface area contributed by atoms with Crippen molar-refractivity contribution in [3.63, 3.8) is 0 Å². The summed E-state index contributed by atoms with van der Waals surface area (Å²) >= 11 is 3.27. The van der Waals surface area contributed by atoms with Gasteiger partial charge in [-0.15, -0.1) is 0 Å². The van der Waals surface area contributed by atoms with E-state index in [2.05, 4.69) is 15.9 Å². The lowest BCUT2D eigenvalue weighted by Gasteiger charge is -2.30. The SMILES string of the molecule is Cc1ccc(Br)cc1S(=O)(=O)N1CCC[C@H](C(=O)O)C1. The minimum absolute atomic E-state index is 0.0453. The topological polar surface area (TPSA) is 74.7 Å². The van der Waals surface area contributed by atoms with Crippen molar-refractivity contribution in [3.05, 3.63) is 28.2 Å². The Kier molecular flexibility index (Phi) is 4.51. The third-order valence-corrected chi connectivity index (χ3v) is 6.00. The van der Waals surface area contributed by atoms with Crippen molar-refractivity contribution in [2.45, 2.75) is 24.7 Å². The zero-order valence-corrected chi connectivity index (χ0v) is 13.4. The van der Waals surface area contributed by atoms with Crippen LogP contribution in [-0.4, -0.2) is 36.9 Å². The number of piperidine rings is 1. The maximum atomic E-state index is 12.6. The number of rotatable bonds is 3. The second-order valence-corrected chi connectivity index (χ2v) is 7.77. The molecule has 2 rings (SSSR count). The Morgan fingerprint density at radius 2 is 2.15 bits per heavy atom. The first-order valence-corrected chi connectivity index (χ1v) is 8.55. The average Bonchev–Trinajstić information content (AvgIpc) is 2.41. The molecule has 0 unspecified atom stereocenters. The summed E-state index contributed by atoms with van der Waals surface area (Å²) in [5.74, 6) is -1.55. The summed E-state index contributed by atoms with van der Waals surface area (Å²) in [5.41, 5.74) is 0.658. The van der Waals surface area contributed by atoms with Gasteiger partial charge in [-0.25, -0.2) is 8.42 Å². The molecule has 1 aliphatic heterocycles. The van der Waals surface area contributed by atoms with Crippen LogP contribution in [0.1, 0.15) is 18.4 Å². The summed E-state index contributed by atoms with van der Waals surface area (Å²) in [6.45, 7) is 2.15. The summed E-state index contributed by atoms with van der Waals surface area (Å²) in [5, 5.41) is 9.06. The lowest BCUT2D eigenvalue weighted by Crippen LogP contribution is -2.42. The van der Waals surface area contributed by atoms with Crippen LogP contribution in [0.5, 0.6) is 0 Å². The van der Waals surface area contributed by atoms with Crippen LogP contribution in [-0.2, 0) is 14.8 Å². The number of carboxylic acid groups (broad SMARTS) is 1. The third-order valence-electron chi connectivity index (χ3n) is 3.50. The quantitative estimate of drug-likeness (QED) is 0.895. The monoisotopic (exact) mass is 361 g/mol. The maximum absolute atomic E-state index is 12.6. The molecule has 1 fully saturated rings. The predicted molar refractivity (Wildman–Crippen MR) is 78.0 cm³/mol. The van der Waals surface area contributed by atoms with Crippen LogP contribution >= 0.6 is 15.9 Å². The van der Waals surface area contributed by atoms with E-state index in [1.807, 2.05) is 0 Å². The van der Waals surface area contributed by atoms with E-state index in [1.54, 1.807) is 25.1 Å². The molecule has 1 atom stereocenters. The predicted octanol–water partition coefficient (Wildman–Crippen LogP) is 2.24. The largest absolute Gasteiger partial charge is 0.481 e. The van der Waals surface area contributed by atoms with Crippen LogP contribution in [0.3, 0.4) is 0 Å². The van der Waals surface area contributed by atoms with Crippen molar-refractivity contribution in [1.29, 1.82) is 0 Å². The molecule has 1 N–H and O–H groups in total. The minimum Gasteiger partial charge on any atom is -0.481 e. The Morgan fingerprint density at radius 3 is 2.80 bits per heavy atom. The van der Waals surface area contributed by atoms with Gasteiger partial charge in [-0.05, 0) is 37.5 Å². The summed E-state index contributed by atoms with van der Waals surface area (Å²) in [6.07, 6.45) is 1.10. The lowest BCUT2D eigenvalue weighted by molar-refractivity contribution is -0.142. The van der Waals surface area contributed by atoms with E-state index in [9.17, 15) is 13.2 Å². The van der Waals surface area contributed by atoms with E-state index in [1.165, 1.54) is 4.31 Å². The molecule has 0 aliphatic carbocycles. The van der Waals surface area contributed by atoms with E-state index >= 15 is 0 Å². The number of sulfonamides is 1. The van der Waals surface area contributed by atoms with Gasteiger partial charge in [0.1, 0.15) is 0 Å². The van der Waals surface area contributed by atoms with Gasteiger partial charge in [-0.2, -0.15) is 4.31 Å². The molecule has 1 heterocycles. The Morgan fingerprint density at radius 1 is 1.45 bits per heavy atom. The van der Waals surface area contributed by atoms with Crippen molar-refractivity contribution in [3.8, 4) is 0 Å². The van der Waals surface area contributed by atoms with Gasteiger partial charge in [0, 0.05) is 17.6 Å². The summed E-state index contributed by atoms with van der Waals surface area (Å²) in [4.78, 5) is 11.3. The van der Waals surface area contributed by atoms with E-state index in [4.69, 9.17) is 5.11 Å². The molecule has 7 heteroatoms. The van der Waals surface area contributed by atoms with Gasteiger partial charge in [-0.1, -0.05) is 22.0 Å². The van der Waals surface area contributed by atoms with Gasteiger partial charge in [0.05, 0.1) is 10.8 Å². The van der Waals surface area contributed by atoms with Crippen LogP contribution in [0.2, 0.25) is 0 Å². The fourth-order valence-corrected chi connectivity index (χ4v) is 4.64. The molecule has 0 spiro atoms. The second kappa shape index (κ2) is 5.83. The van der Waals surface area contributed by atoms with Crippen molar-refractivity contribution in [2.75, 3.05) is 13.1 Å². The number of nitrogens with zero attached hydrogens (tertiary/aromatic N) is 1. The molecule has 1 saturated heterocycles. The van der Waals surface area contributed by atoms with Crippen molar-refractivity contribution < 1.29 is 18.3 Å². The highest BCUT2D eigenvalue weighted by Crippen LogP contribution is 2.27. The molecule has 0 amide bonds. The van der Waals surface area contributed by atoms with Crippen LogP contribution in [0.15, 0.2) is 27.6 Å². The van der Waals surface area contributed by atoms with Crippen LogP contribution in [0, 0.1) is 12.8 Å². The second-order valence-electron chi connectivity index (χ2n) is 4.95. The zero-order chi connectivity index (χ0) is 14.9. The minimum atomic E-state index is -3.64. The molecular weight excluding hydrogens is 346 g/mol. The van der Waals surface area contributed by atoms with E-state index in [-0.39, 0.29) is 11.4 Å². The molecule has 110 valence electrons. The molecule has 20 heavy (non-hydrogen) atoms. The molecular formula is C13H16BrNO4S. The van der Waals surface area contributed by atoms with Gasteiger partial charge in [0.2, 0.25) is 10.0 Å². The number of aliphatic carboxylic acids is 1. The molecule has 0 bridgehead atoms. The normalized spacial score (nSPS) is 20.8. The standard InChI is InChI=1S/C13H16BrNO4S/c1-9-4-5-11(14)7-12(9)20(18,19)15-6-2-3-10(8-15)13(16)17/h4-5,7,10H,2-3,6,8H2,1H3,(H,16,17)/t10-/m0/s1. The molecule has 5 nitrogen and oxygen atoms in total. The Hall–Kier alpha value is -0.920. The van der Waals surface area contributed by atoms with Gasteiger partial charge in [0.25, 0.3) is 0 Å². The van der Waals surface area contributed by atoms with E-state index in [0.717, 1.165) is 0 Å². The number of carboxylic acids is 1. The number of hydrogen-bond donors (Lipinski definition) is 1. The number of hydrogen-bond acceptors (Lipinski definition) is 3. The number of aryl methyl sites for hydroxylation is 1. The van der Waals surface area contributed by atoms with Crippen molar-refractivity contribution in [2.24, 2.45) is 5.92 Å². The fraction of sp³-hybridized carbons (Fsp3) is 0.462. The molecule has 1 aromatic carbocycles. The smallest absolute Gasteiger partial charge is 0.307 e. The van der Waals surface area contributed by atoms with Gasteiger partial charge < -0.3 is 5.11 Å². The van der Waals surface area contributed by atoms with Crippen molar-refractivity contribution >= 4 is 31.9 Å². The number of benzene rings is 1. The number of halogens is 1. The first kappa shape index (κ1) is 15.5.